The predicted octanol–water partition coefficient (Wildman–Crippen LogP) is 3.29. The lowest BCUT2D eigenvalue weighted by atomic mass is 9.71. The van der Waals surface area contributed by atoms with Gasteiger partial charge in [0, 0.05) is 28.4 Å². The summed E-state index contributed by atoms with van der Waals surface area (Å²) in [5.74, 6) is 0.571. The van der Waals surface area contributed by atoms with Crippen molar-refractivity contribution >= 4 is 22.6 Å². The van der Waals surface area contributed by atoms with E-state index in [1.54, 1.807) is 5.57 Å². The van der Waals surface area contributed by atoms with E-state index < -0.39 is 0 Å². The molecule has 1 atom stereocenters. The van der Waals surface area contributed by atoms with E-state index in [0.29, 0.717) is 5.92 Å². The second-order valence-electron chi connectivity index (χ2n) is 7.46. The summed E-state index contributed by atoms with van der Waals surface area (Å²) in [6, 6.07) is 11.0. The fourth-order valence-electron chi connectivity index (χ4n) is 4.55. The molecule has 1 unspecified atom stereocenters. The van der Waals surface area contributed by atoms with Crippen molar-refractivity contribution in [2.45, 2.75) is 32.6 Å². The molecule has 0 spiro atoms. The summed E-state index contributed by atoms with van der Waals surface area (Å²) in [6.45, 7) is 7.08. The Kier molecular flexibility index (Phi) is 2.36. The Morgan fingerprint density at radius 3 is 2.87 bits per heavy atom. The van der Waals surface area contributed by atoms with Crippen molar-refractivity contribution in [1.82, 2.24) is 9.55 Å². The third-order valence-electron chi connectivity index (χ3n) is 5.64. The molecule has 0 N–H and O–H groups in total. The lowest BCUT2D eigenvalue weighted by Crippen LogP contribution is -2.44. The number of rotatable bonds is 0. The second-order valence-corrected chi connectivity index (χ2v) is 7.46. The van der Waals surface area contributed by atoms with Gasteiger partial charge in [0.2, 0.25) is 0 Å². The third-order valence-corrected chi connectivity index (χ3v) is 5.64. The van der Waals surface area contributed by atoms with Gasteiger partial charge in [0.05, 0.1) is 16.6 Å². The van der Waals surface area contributed by atoms with Crippen molar-refractivity contribution in [2.75, 3.05) is 0 Å². The molecule has 3 heterocycles. The van der Waals surface area contributed by atoms with Gasteiger partial charge in [0.1, 0.15) is 0 Å². The van der Waals surface area contributed by atoms with Crippen LogP contribution in [0.3, 0.4) is 0 Å². The molecule has 23 heavy (non-hydrogen) atoms. The van der Waals surface area contributed by atoms with Gasteiger partial charge in [-0.1, -0.05) is 45.0 Å². The fraction of sp³-hybridized carbons (Fsp3) is 0.286. The van der Waals surface area contributed by atoms with Crippen LogP contribution in [0, 0.1) is 5.92 Å². The van der Waals surface area contributed by atoms with Crippen LogP contribution in [-0.2, 0) is 5.41 Å². The summed E-state index contributed by atoms with van der Waals surface area (Å²) in [5.41, 5.74) is 5.66. The molecule has 2 nitrogen and oxygen atoms in total. The van der Waals surface area contributed by atoms with Crippen LogP contribution in [0.15, 0.2) is 42.7 Å². The summed E-state index contributed by atoms with van der Waals surface area (Å²) in [4.78, 5) is 4.39. The molecule has 3 aromatic rings. The minimum Gasteiger partial charge on any atom is -0.309 e. The minimum absolute atomic E-state index is 0.0751. The molecule has 0 radical (unpaired) electrons. The van der Waals surface area contributed by atoms with Crippen LogP contribution < -0.4 is 10.6 Å². The molecule has 5 rings (SSSR count). The smallest absolute Gasteiger partial charge is 0.0571 e. The number of hydrogen-bond acceptors (Lipinski definition) is 1. The number of hydrogen-bond donors (Lipinski definition) is 0. The molecule has 0 saturated carbocycles. The van der Waals surface area contributed by atoms with Crippen molar-refractivity contribution in [3.63, 3.8) is 0 Å². The first-order valence-corrected chi connectivity index (χ1v) is 8.39. The lowest BCUT2D eigenvalue weighted by molar-refractivity contribution is 0.605. The first-order chi connectivity index (χ1) is 11.1. The maximum atomic E-state index is 4.39. The maximum Gasteiger partial charge on any atom is 0.0571 e. The van der Waals surface area contributed by atoms with Crippen molar-refractivity contribution in [3.8, 4) is 5.69 Å². The summed E-state index contributed by atoms with van der Waals surface area (Å²) in [5, 5.41) is 4.07. The van der Waals surface area contributed by atoms with Crippen LogP contribution in [-0.4, -0.2) is 9.55 Å². The number of fused-ring (bicyclic) bond motifs is 5. The number of pyridine rings is 1. The van der Waals surface area contributed by atoms with Crippen LogP contribution in [0.4, 0.5) is 0 Å². The molecule has 0 amide bonds. The molecule has 2 aliphatic rings. The van der Waals surface area contributed by atoms with Gasteiger partial charge in [-0.25, -0.2) is 0 Å². The molecule has 1 aliphatic carbocycles. The van der Waals surface area contributed by atoms with E-state index in [4.69, 9.17) is 0 Å². The second kappa shape index (κ2) is 4.14. The zero-order valence-corrected chi connectivity index (χ0v) is 13.8. The zero-order chi connectivity index (χ0) is 15.8. The number of aromatic nitrogens is 2. The quantitative estimate of drug-likeness (QED) is 0.623. The first-order valence-electron chi connectivity index (χ1n) is 8.39. The monoisotopic (exact) mass is 300 g/mol. The highest BCUT2D eigenvalue weighted by Gasteiger charge is 2.36. The molecule has 1 aromatic carbocycles. The summed E-state index contributed by atoms with van der Waals surface area (Å²) >= 11 is 0. The minimum atomic E-state index is 0.0751. The molecule has 2 heteroatoms. The summed E-state index contributed by atoms with van der Waals surface area (Å²) < 4.78 is 2.46. The highest BCUT2D eigenvalue weighted by molar-refractivity contribution is 5.87. The average molecular weight is 300 g/mol. The van der Waals surface area contributed by atoms with Gasteiger partial charge in [-0.2, -0.15) is 0 Å². The van der Waals surface area contributed by atoms with Crippen LogP contribution in [0.25, 0.3) is 28.2 Å². The van der Waals surface area contributed by atoms with Crippen LogP contribution in [0.2, 0.25) is 0 Å². The van der Waals surface area contributed by atoms with Crippen molar-refractivity contribution in [2.24, 2.45) is 5.92 Å². The molecule has 0 fully saturated rings. The van der Waals surface area contributed by atoms with E-state index in [0.717, 1.165) is 6.42 Å². The predicted molar refractivity (Wildman–Crippen MR) is 95.0 cm³/mol. The van der Waals surface area contributed by atoms with Crippen LogP contribution in [0.5, 0.6) is 0 Å². The summed E-state index contributed by atoms with van der Waals surface area (Å²) in [7, 11) is 0. The average Bonchev–Trinajstić information content (AvgIpc) is 2.88. The lowest BCUT2D eigenvalue weighted by Gasteiger charge is -2.37. The highest BCUT2D eigenvalue weighted by Crippen LogP contribution is 2.42. The van der Waals surface area contributed by atoms with Gasteiger partial charge in [0.25, 0.3) is 0 Å². The maximum absolute atomic E-state index is 4.39. The Hall–Kier alpha value is -2.35. The number of benzene rings is 1. The Balaban J connectivity index is 2.14. The first kappa shape index (κ1) is 13.1. The third kappa shape index (κ3) is 1.51. The molecule has 0 saturated heterocycles. The Labute approximate surface area is 135 Å². The van der Waals surface area contributed by atoms with Gasteiger partial charge < -0.3 is 4.57 Å². The Bertz CT molecular complexity index is 1080. The fourth-order valence-corrected chi connectivity index (χ4v) is 4.55. The van der Waals surface area contributed by atoms with E-state index in [1.165, 1.54) is 32.7 Å². The zero-order valence-electron chi connectivity index (χ0n) is 13.8. The Morgan fingerprint density at radius 2 is 2.00 bits per heavy atom. The SMILES string of the molecule is CC1C=c2c3n(c4ccncc24)-c2ccccc2C(C)(C)C=3C1. The van der Waals surface area contributed by atoms with Gasteiger partial charge in [-0.05, 0) is 35.6 Å². The van der Waals surface area contributed by atoms with E-state index in [-0.39, 0.29) is 5.41 Å². The van der Waals surface area contributed by atoms with Crippen molar-refractivity contribution < 1.29 is 0 Å². The van der Waals surface area contributed by atoms with E-state index in [1.807, 2.05) is 12.4 Å². The molecular weight excluding hydrogens is 280 g/mol. The van der Waals surface area contributed by atoms with Crippen LogP contribution in [0.1, 0.15) is 32.8 Å². The standard InChI is InChI=1S/C21H20N2/c1-13-10-14-15-12-22-9-8-18(15)23-19-7-5-4-6-16(19)21(2,3)17(11-13)20(14)23/h4-10,12-13H,11H2,1-3H3. The van der Waals surface area contributed by atoms with Gasteiger partial charge >= 0.3 is 0 Å². The van der Waals surface area contributed by atoms with Gasteiger partial charge in [0.15, 0.2) is 0 Å². The molecule has 1 aliphatic heterocycles. The van der Waals surface area contributed by atoms with Gasteiger partial charge in [-0.15, -0.1) is 0 Å². The largest absolute Gasteiger partial charge is 0.309 e. The number of nitrogens with zero attached hydrogens (tertiary/aromatic N) is 2. The van der Waals surface area contributed by atoms with Crippen molar-refractivity contribution in [3.05, 3.63) is 58.9 Å². The molecule has 2 aromatic heterocycles. The highest BCUT2D eigenvalue weighted by atomic mass is 15.0. The molecule has 0 bridgehead atoms. The molecule has 114 valence electrons. The number of para-hydroxylation sites is 1. The van der Waals surface area contributed by atoms with E-state index >= 15 is 0 Å². The molecular formula is C21H20N2. The van der Waals surface area contributed by atoms with Crippen LogP contribution >= 0.6 is 0 Å². The van der Waals surface area contributed by atoms with E-state index in [9.17, 15) is 0 Å². The normalized spacial score (nSPS) is 20.8. The van der Waals surface area contributed by atoms with E-state index in [2.05, 4.69) is 66.7 Å². The summed E-state index contributed by atoms with van der Waals surface area (Å²) in [6.07, 6.45) is 7.50. The Morgan fingerprint density at radius 1 is 1.17 bits per heavy atom. The topological polar surface area (TPSA) is 17.8 Å². The van der Waals surface area contributed by atoms with Crippen molar-refractivity contribution in [1.29, 1.82) is 0 Å². The van der Waals surface area contributed by atoms with Gasteiger partial charge in [-0.3, -0.25) is 4.98 Å².